The highest BCUT2D eigenvalue weighted by Gasteiger charge is 2.26. The van der Waals surface area contributed by atoms with E-state index in [2.05, 4.69) is 12.2 Å². The van der Waals surface area contributed by atoms with E-state index in [1.165, 1.54) is 0 Å². The normalized spacial score (nSPS) is 11.6. The Morgan fingerprint density at radius 2 is 1.80 bits per heavy atom. The van der Waals surface area contributed by atoms with E-state index >= 15 is 0 Å². The summed E-state index contributed by atoms with van der Waals surface area (Å²) in [4.78, 5) is 27.2. The van der Waals surface area contributed by atoms with E-state index in [1.807, 2.05) is 44.2 Å². The second-order valence-corrected chi connectivity index (χ2v) is 7.94. The molecule has 30 heavy (non-hydrogen) atoms. The number of nitrogens with zero attached hydrogens (tertiary/aromatic N) is 1. The van der Waals surface area contributed by atoms with Gasteiger partial charge in [-0.1, -0.05) is 43.1 Å². The molecule has 1 N–H and O–H groups in total. The highest BCUT2D eigenvalue weighted by Crippen LogP contribution is 2.18. The van der Waals surface area contributed by atoms with Crippen molar-refractivity contribution in [1.29, 1.82) is 0 Å². The summed E-state index contributed by atoms with van der Waals surface area (Å²) < 4.78 is 5.73. The molecule has 2 amide bonds. The van der Waals surface area contributed by atoms with Gasteiger partial charge in [-0.05, 0) is 68.1 Å². The summed E-state index contributed by atoms with van der Waals surface area (Å²) >= 11 is 5.97. The number of aryl methyl sites for hydroxylation is 2. The summed E-state index contributed by atoms with van der Waals surface area (Å²) in [5.41, 5.74) is 3.16. The second-order valence-electron chi connectivity index (χ2n) is 7.50. The molecule has 2 aromatic rings. The fourth-order valence-corrected chi connectivity index (χ4v) is 3.06. The Hall–Kier alpha value is -2.53. The van der Waals surface area contributed by atoms with E-state index in [1.54, 1.807) is 24.0 Å². The first-order valence-electron chi connectivity index (χ1n) is 10.3. The van der Waals surface area contributed by atoms with E-state index in [0.717, 1.165) is 29.5 Å². The number of unbranched alkanes of at least 4 members (excludes halogenated alkanes) is 1. The number of benzene rings is 2. The third kappa shape index (κ3) is 7.06. The predicted octanol–water partition coefficient (Wildman–Crippen LogP) is 4.67. The van der Waals surface area contributed by atoms with Gasteiger partial charge < -0.3 is 15.0 Å². The minimum absolute atomic E-state index is 0.136. The van der Waals surface area contributed by atoms with Gasteiger partial charge in [0.25, 0.3) is 5.91 Å². The monoisotopic (exact) mass is 430 g/mol. The molecule has 5 nitrogen and oxygen atoms in total. The molecular weight excluding hydrogens is 400 g/mol. The third-order valence-electron chi connectivity index (χ3n) is 5.10. The molecule has 0 radical (unpaired) electrons. The molecule has 0 spiro atoms. The molecule has 0 heterocycles. The molecule has 0 aromatic heterocycles. The maximum atomic E-state index is 13.0. The number of hydrogen-bond donors (Lipinski definition) is 1. The van der Waals surface area contributed by atoms with Crippen molar-refractivity contribution in [3.05, 3.63) is 64.2 Å². The van der Waals surface area contributed by atoms with Crippen LogP contribution in [-0.2, 0) is 16.1 Å². The second kappa shape index (κ2) is 11.6. The molecule has 0 bridgehead atoms. The van der Waals surface area contributed by atoms with Gasteiger partial charge in [-0.3, -0.25) is 9.59 Å². The van der Waals surface area contributed by atoms with E-state index in [-0.39, 0.29) is 18.4 Å². The maximum Gasteiger partial charge on any atom is 0.261 e. The van der Waals surface area contributed by atoms with Crippen molar-refractivity contribution in [3.8, 4) is 5.75 Å². The first-order valence-corrected chi connectivity index (χ1v) is 10.7. The lowest BCUT2D eigenvalue weighted by molar-refractivity contribution is -0.142. The molecule has 0 saturated heterocycles. The van der Waals surface area contributed by atoms with Crippen LogP contribution in [-0.4, -0.2) is 35.9 Å². The standard InChI is InChI=1S/C24H31ClN2O3/c1-5-6-13-26-24(29)19(4)27(15-20-8-10-21(25)11-9-20)23(28)16-30-22-12-7-17(2)18(3)14-22/h7-12,14,19H,5-6,13,15-16H2,1-4H3,(H,26,29)/t19-/m0/s1. The van der Waals surface area contributed by atoms with Crippen LogP contribution >= 0.6 is 11.6 Å². The van der Waals surface area contributed by atoms with Crippen LogP contribution in [0.4, 0.5) is 0 Å². The molecule has 0 aliphatic rings. The smallest absolute Gasteiger partial charge is 0.261 e. The quantitative estimate of drug-likeness (QED) is 0.557. The molecule has 6 heteroatoms. The molecule has 162 valence electrons. The molecule has 0 aliphatic carbocycles. The Morgan fingerprint density at radius 1 is 1.10 bits per heavy atom. The topological polar surface area (TPSA) is 58.6 Å². The first kappa shape index (κ1) is 23.7. The van der Waals surface area contributed by atoms with Crippen LogP contribution in [0.2, 0.25) is 5.02 Å². The van der Waals surface area contributed by atoms with Crippen LogP contribution < -0.4 is 10.1 Å². The van der Waals surface area contributed by atoms with Gasteiger partial charge in [-0.2, -0.15) is 0 Å². The average molecular weight is 431 g/mol. The first-order chi connectivity index (χ1) is 14.3. The highest BCUT2D eigenvalue weighted by atomic mass is 35.5. The number of carbonyl (C=O) groups excluding carboxylic acids is 2. The zero-order valence-electron chi connectivity index (χ0n) is 18.2. The highest BCUT2D eigenvalue weighted by molar-refractivity contribution is 6.30. The van der Waals surface area contributed by atoms with E-state index in [0.29, 0.717) is 23.9 Å². The molecule has 1 atom stereocenters. The van der Waals surface area contributed by atoms with Crippen LogP contribution in [0, 0.1) is 13.8 Å². The van der Waals surface area contributed by atoms with E-state index < -0.39 is 6.04 Å². The average Bonchev–Trinajstić information content (AvgIpc) is 2.73. The van der Waals surface area contributed by atoms with Gasteiger partial charge in [0.2, 0.25) is 5.91 Å². The van der Waals surface area contributed by atoms with Crippen LogP contribution in [0.1, 0.15) is 43.4 Å². The van der Waals surface area contributed by atoms with Crippen molar-refractivity contribution in [3.63, 3.8) is 0 Å². The largest absolute Gasteiger partial charge is 0.484 e. The van der Waals surface area contributed by atoms with Crippen LogP contribution in [0.15, 0.2) is 42.5 Å². The van der Waals surface area contributed by atoms with Crippen molar-refractivity contribution in [2.45, 2.75) is 53.1 Å². The van der Waals surface area contributed by atoms with Crippen molar-refractivity contribution in [1.82, 2.24) is 10.2 Å². The Kier molecular flexibility index (Phi) is 9.18. The predicted molar refractivity (Wildman–Crippen MR) is 121 cm³/mol. The molecule has 2 aromatic carbocycles. The lowest BCUT2D eigenvalue weighted by Gasteiger charge is -2.28. The van der Waals surface area contributed by atoms with Gasteiger partial charge in [-0.25, -0.2) is 0 Å². The van der Waals surface area contributed by atoms with Crippen molar-refractivity contribution < 1.29 is 14.3 Å². The number of ether oxygens (including phenoxy) is 1. The van der Waals surface area contributed by atoms with E-state index in [4.69, 9.17) is 16.3 Å². The fourth-order valence-electron chi connectivity index (χ4n) is 2.94. The van der Waals surface area contributed by atoms with E-state index in [9.17, 15) is 9.59 Å². The number of amides is 2. The fraction of sp³-hybridized carbons (Fsp3) is 0.417. The van der Waals surface area contributed by atoms with Gasteiger partial charge in [0, 0.05) is 18.1 Å². The van der Waals surface area contributed by atoms with Gasteiger partial charge in [0.1, 0.15) is 11.8 Å². The van der Waals surface area contributed by atoms with Gasteiger partial charge in [-0.15, -0.1) is 0 Å². The van der Waals surface area contributed by atoms with Gasteiger partial charge in [0.05, 0.1) is 0 Å². The molecule has 0 aliphatic heterocycles. The third-order valence-corrected chi connectivity index (χ3v) is 5.36. The zero-order chi connectivity index (χ0) is 22.1. The van der Waals surface area contributed by atoms with Crippen LogP contribution in [0.5, 0.6) is 5.75 Å². The maximum absolute atomic E-state index is 13.0. The number of halogens is 1. The summed E-state index contributed by atoms with van der Waals surface area (Å²) in [6.07, 6.45) is 1.89. The molecular formula is C24H31ClN2O3. The minimum Gasteiger partial charge on any atom is -0.484 e. The zero-order valence-corrected chi connectivity index (χ0v) is 19.0. The summed E-state index contributed by atoms with van der Waals surface area (Å²) in [6.45, 7) is 8.59. The molecule has 0 fully saturated rings. The summed E-state index contributed by atoms with van der Waals surface area (Å²) in [5, 5.41) is 3.53. The number of hydrogen-bond acceptors (Lipinski definition) is 3. The van der Waals surface area contributed by atoms with Crippen molar-refractivity contribution in [2.24, 2.45) is 0 Å². The van der Waals surface area contributed by atoms with Crippen molar-refractivity contribution in [2.75, 3.05) is 13.2 Å². The lowest BCUT2D eigenvalue weighted by Crippen LogP contribution is -2.49. The lowest BCUT2D eigenvalue weighted by atomic mass is 10.1. The Bertz CT molecular complexity index is 852. The van der Waals surface area contributed by atoms with Gasteiger partial charge in [0.15, 0.2) is 6.61 Å². The summed E-state index contributed by atoms with van der Waals surface area (Å²) in [5.74, 6) is 0.219. The summed E-state index contributed by atoms with van der Waals surface area (Å²) in [6, 6.07) is 12.4. The summed E-state index contributed by atoms with van der Waals surface area (Å²) in [7, 11) is 0. The van der Waals surface area contributed by atoms with Gasteiger partial charge >= 0.3 is 0 Å². The number of nitrogens with one attached hydrogen (secondary N) is 1. The number of carbonyl (C=O) groups is 2. The van der Waals surface area contributed by atoms with Crippen LogP contribution in [0.25, 0.3) is 0 Å². The Balaban J connectivity index is 2.11. The molecule has 2 rings (SSSR count). The molecule has 0 saturated carbocycles. The SMILES string of the molecule is CCCCNC(=O)[C@H](C)N(Cc1ccc(Cl)cc1)C(=O)COc1ccc(C)c(C)c1. The van der Waals surface area contributed by atoms with Crippen LogP contribution in [0.3, 0.4) is 0 Å². The molecule has 0 unspecified atom stereocenters. The number of rotatable bonds is 10. The Morgan fingerprint density at radius 3 is 2.43 bits per heavy atom. The van der Waals surface area contributed by atoms with Crippen molar-refractivity contribution >= 4 is 23.4 Å². The Labute approximate surface area is 184 Å². The minimum atomic E-state index is -0.617.